The van der Waals surface area contributed by atoms with Crippen molar-refractivity contribution < 1.29 is 14.3 Å². The standard InChI is InChI=1S/C26H33BrCl2N2O3/c1-7-16(2)30-25(33)17(3)31(14-18-8-10-20(28)13-22(18)29)24(32)15-34-23-11-9-19(12-21(23)27)26(4,5)6/h8-13,16-17H,7,14-15H2,1-6H3,(H,30,33)/t16-,17+/m1/s1. The Balaban J connectivity index is 2.23. The molecule has 2 aromatic carbocycles. The number of nitrogens with zero attached hydrogens (tertiary/aromatic N) is 1. The van der Waals surface area contributed by atoms with Crippen LogP contribution in [-0.2, 0) is 21.5 Å². The number of halogens is 3. The first-order valence-electron chi connectivity index (χ1n) is 11.3. The van der Waals surface area contributed by atoms with Crippen LogP contribution < -0.4 is 10.1 Å². The maximum atomic E-state index is 13.3. The molecule has 2 atom stereocenters. The highest BCUT2D eigenvalue weighted by Gasteiger charge is 2.28. The fraction of sp³-hybridized carbons (Fsp3) is 0.462. The Hall–Kier alpha value is -1.76. The lowest BCUT2D eigenvalue weighted by Gasteiger charge is -2.30. The van der Waals surface area contributed by atoms with Crippen molar-refractivity contribution >= 4 is 50.9 Å². The summed E-state index contributed by atoms with van der Waals surface area (Å²) in [6.07, 6.45) is 0.789. The summed E-state index contributed by atoms with van der Waals surface area (Å²) in [6.45, 7) is 11.9. The Kier molecular flexibility index (Phi) is 10.3. The lowest BCUT2D eigenvalue weighted by molar-refractivity contribution is -0.142. The third-order valence-electron chi connectivity index (χ3n) is 5.67. The molecule has 0 aliphatic rings. The van der Waals surface area contributed by atoms with Crippen LogP contribution in [0.2, 0.25) is 10.0 Å². The minimum atomic E-state index is -0.719. The quantitative estimate of drug-likeness (QED) is 0.361. The van der Waals surface area contributed by atoms with Crippen LogP contribution in [0.1, 0.15) is 59.1 Å². The Bertz CT molecular complexity index is 1020. The zero-order chi connectivity index (χ0) is 25.6. The van der Waals surface area contributed by atoms with Crippen LogP contribution in [0.4, 0.5) is 0 Å². The molecule has 8 heteroatoms. The van der Waals surface area contributed by atoms with Crippen molar-refractivity contribution in [3.05, 3.63) is 62.0 Å². The molecule has 0 heterocycles. The second-order valence-corrected chi connectivity index (χ2v) is 11.1. The third kappa shape index (κ3) is 7.89. The molecule has 0 saturated carbocycles. The Morgan fingerprint density at radius 3 is 2.35 bits per heavy atom. The Morgan fingerprint density at radius 1 is 1.12 bits per heavy atom. The molecule has 0 saturated heterocycles. The molecule has 34 heavy (non-hydrogen) atoms. The zero-order valence-corrected chi connectivity index (χ0v) is 23.6. The zero-order valence-electron chi connectivity index (χ0n) is 20.5. The molecule has 186 valence electrons. The molecule has 0 bridgehead atoms. The van der Waals surface area contributed by atoms with Crippen LogP contribution >= 0.6 is 39.1 Å². The highest BCUT2D eigenvalue weighted by molar-refractivity contribution is 9.10. The van der Waals surface area contributed by atoms with Gasteiger partial charge in [0.25, 0.3) is 5.91 Å². The van der Waals surface area contributed by atoms with Gasteiger partial charge in [0.05, 0.1) is 4.47 Å². The van der Waals surface area contributed by atoms with Crippen LogP contribution in [0.15, 0.2) is 40.9 Å². The van der Waals surface area contributed by atoms with Crippen molar-refractivity contribution in [3.63, 3.8) is 0 Å². The minimum absolute atomic E-state index is 0.000409. The smallest absolute Gasteiger partial charge is 0.261 e. The van der Waals surface area contributed by atoms with Crippen molar-refractivity contribution in [1.82, 2.24) is 10.2 Å². The average Bonchev–Trinajstić information content (AvgIpc) is 2.76. The van der Waals surface area contributed by atoms with Gasteiger partial charge in [0.15, 0.2) is 6.61 Å². The van der Waals surface area contributed by atoms with Gasteiger partial charge >= 0.3 is 0 Å². The fourth-order valence-corrected chi connectivity index (χ4v) is 4.15. The summed E-state index contributed by atoms with van der Waals surface area (Å²) in [5.41, 5.74) is 1.83. The first-order valence-corrected chi connectivity index (χ1v) is 12.8. The van der Waals surface area contributed by atoms with Gasteiger partial charge in [0, 0.05) is 22.6 Å². The van der Waals surface area contributed by atoms with Crippen molar-refractivity contribution in [2.75, 3.05) is 6.61 Å². The van der Waals surface area contributed by atoms with Gasteiger partial charge in [0.1, 0.15) is 11.8 Å². The lowest BCUT2D eigenvalue weighted by Crippen LogP contribution is -2.50. The second-order valence-electron chi connectivity index (χ2n) is 9.44. The molecule has 0 aliphatic heterocycles. The van der Waals surface area contributed by atoms with Crippen molar-refractivity contribution in [1.29, 1.82) is 0 Å². The van der Waals surface area contributed by atoms with E-state index in [0.717, 1.165) is 16.5 Å². The van der Waals surface area contributed by atoms with Gasteiger partial charge in [-0.1, -0.05) is 63.0 Å². The highest BCUT2D eigenvalue weighted by atomic mass is 79.9. The van der Waals surface area contributed by atoms with E-state index < -0.39 is 6.04 Å². The number of rotatable bonds is 9. The predicted octanol–water partition coefficient (Wildman–Crippen LogP) is 6.76. The molecule has 0 aromatic heterocycles. The molecule has 2 aromatic rings. The van der Waals surface area contributed by atoms with Crippen molar-refractivity contribution in [2.24, 2.45) is 0 Å². The molecule has 1 N–H and O–H groups in total. The summed E-state index contributed by atoms with van der Waals surface area (Å²) < 4.78 is 6.61. The number of carbonyl (C=O) groups is 2. The van der Waals surface area contributed by atoms with Crippen LogP contribution in [0.3, 0.4) is 0 Å². The fourth-order valence-electron chi connectivity index (χ4n) is 3.19. The molecule has 2 rings (SSSR count). The van der Waals surface area contributed by atoms with Gasteiger partial charge in [-0.05, 0) is 77.0 Å². The number of hydrogen-bond acceptors (Lipinski definition) is 3. The van der Waals surface area contributed by atoms with Crippen molar-refractivity contribution in [3.8, 4) is 5.75 Å². The molecule has 2 amide bonds. The maximum Gasteiger partial charge on any atom is 0.261 e. The van der Waals surface area contributed by atoms with E-state index in [2.05, 4.69) is 42.0 Å². The molecule has 0 unspecified atom stereocenters. The van der Waals surface area contributed by atoms with Crippen LogP contribution in [-0.4, -0.2) is 35.4 Å². The summed E-state index contributed by atoms with van der Waals surface area (Å²) in [5.74, 6) is -0.00403. The summed E-state index contributed by atoms with van der Waals surface area (Å²) in [7, 11) is 0. The molecule has 0 spiro atoms. The normalized spacial score (nSPS) is 13.2. The molecule has 5 nitrogen and oxygen atoms in total. The Morgan fingerprint density at radius 2 is 1.79 bits per heavy atom. The number of amides is 2. The molecule has 0 aliphatic carbocycles. The van der Waals surface area contributed by atoms with E-state index >= 15 is 0 Å². The first kappa shape index (κ1) is 28.5. The summed E-state index contributed by atoms with van der Waals surface area (Å²) in [4.78, 5) is 27.6. The number of nitrogens with one attached hydrogen (secondary N) is 1. The number of benzene rings is 2. The van der Waals surface area contributed by atoms with Crippen LogP contribution in [0.25, 0.3) is 0 Å². The summed E-state index contributed by atoms with van der Waals surface area (Å²) >= 11 is 15.9. The van der Waals surface area contributed by atoms with Gasteiger partial charge < -0.3 is 15.0 Å². The topological polar surface area (TPSA) is 58.6 Å². The SMILES string of the molecule is CC[C@@H](C)NC(=O)[C@H](C)N(Cc1ccc(Cl)cc1Cl)C(=O)COc1ccc(C(C)(C)C)cc1Br. The number of ether oxygens (including phenoxy) is 1. The average molecular weight is 572 g/mol. The van der Waals surface area contributed by atoms with Gasteiger partial charge in [-0.2, -0.15) is 0 Å². The van der Waals surface area contributed by atoms with Crippen molar-refractivity contribution in [2.45, 2.75) is 72.0 Å². The van der Waals surface area contributed by atoms with Gasteiger partial charge in [-0.25, -0.2) is 0 Å². The maximum absolute atomic E-state index is 13.3. The number of carbonyl (C=O) groups excluding carboxylic acids is 2. The second kappa shape index (κ2) is 12.3. The molecule has 0 radical (unpaired) electrons. The Labute approximate surface area is 221 Å². The van der Waals surface area contributed by atoms with E-state index in [0.29, 0.717) is 21.4 Å². The van der Waals surface area contributed by atoms with Gasteiger partial charge in [-0.15, -0.1) is 0 Å². The van der Waals surface area contributed by atoms with E-state index in [1.165, 1.54) is 4.90 Å². The van der Waals surface area contributed by atoms with Gasteiger partial charge in [-0.3, -0.25) is 9.59 Å². The first-order chi connectivity index (χ1) is 15.8. The van der Waals surface area contributed by atoms with Crippen LogP contribution in [0.5, 0.6) is 5.75 Å². The third-order valence-corrected chi connectivity index (χ3v) is 6.88. The molecule has 0 fully saturated rings. The largest absolute Gasteiger partial charge is 0.483 e. The lowest BCUT2D eigenvalue weighted by atomic mass is 9.87. The predicted molar refractivity (Wildman–Crippen MR) is 143 cm³/mol. The van der Waals surface area contributed by atoms with Gasteiger partial charge in [0.2, 0.25) is 5.91 Å². The monoisotopic (exact) mass is 570 g/mol. The van der Waals surface area contributed by atoms with E-state index in [1.54, 1.807) is 25.1 Å². The van der Waals surface area contributed by atoms with E-state index in [4.69, 9.17) is 27.9 Å². The van der Waals surface area contributed by atoms with Crippen LogP contribution in [0, 0.1) is 0 Å². The molecular formula is C26H33BrCl2N2O3. The summed E-state index contributed by atoms with van der Waals surface area (Å²) in [6, 6.07) is 10.2. The highest BCUT2D eigenvalue weighted by Crippen LogP contribution is 2.31. The molecular weight excluding hydrogens is 539 g/mol. The van der Waals surface area contributed by atoms with E-state index in [1.807, 2.05) is 32.0 Å². The number of hydrogen-bond donors (Lipinski definition) is 1. The van der Waals surface area contributed by atoms with E-state index in [-0.39, 0.29) is 36.4 Å². The minimum Gasteiger partial charge on any atom is -0.483 e. The van der Waals surface area contributed by atoms with E-state index in [9.17, 15) is 9.59 Å². The summed E-state index contributed by atoms with van der Waals surface area (Å²) in [5, 5.41) is 3.87.